The van der Waals surface area contributed by atoms with Gasteiger partial charge in [0.2, 0.25) is 0 Å². The Morgan fingerprint density at radius 1 is 1.40 bits per heavy atom. The molecule has 118 valence electrons. The van der Waals surface area contributed by atoms with Crippen molar-refractivity contribution in [2.75, 3.05) is 31.8 Å². The Morgan fingerprint density at radius 2 is 2.05 bits per heavy atom. The maximum atomic E-state index is 12.3. The number of ether oxygens (including phenoxy) is 1. The molecule has 1 aliphatic heterocycles. The quantitative estimate of drug-likeness (QED) is 0.762. The first kappa shape index (κ1) is 17.2. The van der Waals surface area contributed by atoms with Crippen LogP contribution in [0.25, 0.3) is 0 Å². The minimum Gasteiger partial charge on any atom is -0.383 e. The van der Waals surface area contributed by atoms with Gasteiger partial charge in [0.25, 0.3) is 0 Å². The van der Waals surface area contributed by atoms with Crippen LogP contribution in [0.15, 0.2) is 0 Å². The largest absolute Gasteiger partial charge is 0.383 e. The molecule has 0 aromatic carbocycles. The summed E-state index contributed by atoms with van der Waals surface area (Å²) < 4.78 is 28.2. The summed E-state index contributed by atoms with van der Waals surface area (Å²) in [6.45, 7) is 4.87. The van der Waals surface area contributed by atoms with Gasteiger partial charge in [-0.05, 0) is 19.3 Å². The van der Waals surface area contributed by atoms with Crippen LogP contribution in [-0.4, -0.2) is 63.2 Å². The Bertz CT molecular complexity index is 407. The molecule has 1 atom stereocenters. The fourth-order valence-corrected chi connectivity index (χ4v) is 4.14. The summed E-state index contributed by atoms with van der Waals surface area (Å²) in [4.78, 5) is 14.0. The van der Waals surface area contributed by atoms with E-state index < -0.39 is 9.84 Å². The number of nitrogens with one attached hydrogen (secondary N) is 1. The molecule has 1 N–H and O–H groups in total. The first-order chi connectivity index (χ1) is 9.43. The van der Waals surface area contributed by atoms with Crippen molar-refractivity contribution < 1.29 is 17.9 Å². The van der Waals surface area contributed by atoms with Gasteiger partial charge in [0, 0.05) is 25.7 Å². The van der Waals surface area contributed by atoms with Crippen LogP contribution in [0.1, 0.15) is 33.1 Å². The molecule has 1 heterocycles. The molecule has 1 fully saturated rings. The molecule has 0 aliphatic carbocycles. The topological polar surface area (TPSA) is 75.7 Å². The van der Waals surface area contributed by atoms with Crippen molar-refractivity contribution in [1.29, 1.82) is 0 Å². The van der Waals surface area contributed by atoms with E-state index in [9.17, 15) is 13.2 Å². The molecule has 0 aromatic rings. The van der Waals surface area contributed by atoms with Crippen LogP contribution in [0.2, 0.25) is 0 Å². The predicted octanol–water partition coefficient (Wildman–Crippen LogP) is 1.02. The van der Waals surface area contributed by atoms with E-state index in [1.807, 2.05) is 13.8 Å². The van der Waals surface area contributed by atoms with Gasteiger partial charge in [0.1, 0.15) is 0 Å². The first-order valence-corrected chi connectivity index (χ1v) is 9.02. The number of amides is 2. The summed E-state index contributed by atoms with van der Waals surface area (Å²) in [7, 11) is -1.43. The minimum atomic E-state index is -3.00. The summed E-state index contributed by atoms with van der Waals surface area (Å²) in [6, 6.07) is -0.284. The summed E-state index contributed by atoms with van der Waals surface area (Å²) in [6.07, 6.45) is 2.25. The average molecular weight is 306 g/mol. The van der Waals surface area contributed by atoms with Crippen molar-refractivity contribution >= 4 is 15.9 Å². The van der Waals surface area contributed by atoms with E-state index in [2.05, 4.69) is 5.32 Å². The third kappa shape index (κ3) is 4.94. The maximum absolute atomic E-state index is 12.3. The number of hydrogen-bond acceptors (Lipinski definition) is 4. The van der Waals surface area contributed by atoms with Gasteiger partial charge in [-0.15, -0.1) is 0 Å². The highest BCUT2D eigenvalue weighted by atomic mass is 32.2. The Balaban J connectivity index is 2.70. The number of carbonyl (C=O) groups excluding carboxylic acids is 1. The second-order valence-electron chi connectivity index (χ2n) is 5.21. The number of methoxy groups -OCH3 is 1. The van der Waals surface area contributed by atoms with E-state index in [0.717, 1.165) is 12.8 Å². The number of hydrogen-bond donors (Lipinski definition) is 1. The molecule has 0 aromatic heterocycles. The Labute approximate surface area is 121 Å². The smallest absolute Gasteiger partial charge is 0.317 e. The lowest BCUT2D eigenvalue weighted by Crippen LogP contribution is -2.50. The molecule has 0 radical (unpaired) electrons. The highest BCUT2D eigenvalue weighted by molar-refractivity contribution is 7.91. The lowest BCUT2D eigenvalue weighted by atomic mass is 10.2. The van der Waals surface area contributed by atoms with E-state index in [0.29, 0.717) is 19.6 Å². The lowest BCUT2D eigenvalue weighted by molar-refractivity contribution is 0.131. The zero-order valence-corrected chi connectivity index (χ0v) is 13.4. The van der Waals surface area contributed by atoms with Crippen LogP contribution in [0, 0.1) is 0 Å². The van der Waals surface area contributed by atoms with Gasteiger partial charge in [0.05, 0.1) is 18.1 Å². The monoisotopic (exact) mass is 306 g/mol. The Hall–Kier alpha value is -0.820. The van der Waals surface area contributed by atoms with Gasteiger partial charge in [-0.2, -0.15) is 0 Å². The van der Waals surface area contributed by atoms with E-state index in [1.165, 1.54) is 0 Å². The SMILES string of the molecule is CCC(CC)NC(=O)N(CCOC)C1CCS(=O)(=O)C1. The summed E-state index contributed by atoms with van der Waals surface area (Å²) in [5.41, 5.74) is 0. The zero-order chi connectivity index (χ0) is 15.2. The lowest BCUT2D eigenvalue weighted by Gasteiger charge is -2.30. The molecule has 1 saturated heterocycles. The Morgan fingerprint density at radius 3 is 2.50 bits per heavy atom. The van der Waals surface area contributed by atoms with Crippen LogP contribution in [0.5, 0.6) is 0 Å². The van der Waals surface area contributed by atoms with E-state index in [4.69, 9.17) is 4.74 Å². The normalized spacial score (nSPS) is 21.1. The van der Waals surface area contributed by atoms with Gasteiger partial charge in [0.15, 0.2) is 9.84 Å². The van der Waals surface area contributed by atoms with Gasteiger partial charge in [-0.3, -0.25) is 0 Å². The molecule has 1 rings (SSSR count). The van der Waals surface area contributed by atoms with Crippen LogP contribution in [0.4, 0.5) is 4.79 Å². The maximum Gasteiger partial charge on any atom is 0.317 e. The molecule has 0 spiro atoms. The molecular formula is C13H26N2O4S. The van der Waals surface area contributed by atoms with E-state index >= 15 is 0 Å². The third-order valence-corrected chi connectivity index (χ3v) is 5.51. The van der Waals surface area contributed by atoms with Crippen molar-refractivity contribution in [2.24, 2.45) is 0 Å². The van der Waals surface area contributed by atoms with E-state index in [1.54, 1.807) is 12.0 Å². The standard InChI is InChI=1S/C13H26N2O4S/c1-4-11(5-2)14-13(16)15(7-8-19-3)12-6-9-20(17,18)10-12/h11-12H,4-10H2,1-3H3,(H,14,16). The highest BCUT2D eigenvalue weighted by Gasteiger charge is 2.34. The number of carbonyl (C=O) groups is 1. The average Bonchev–Trinajstić information content (AvgIpc) is 2.76. The number of urea groups is 1. The molecule has 2 amide bonds. The van der Waals surface area contributed by atoms with Crippen molar-refractivity contribution in [3.63, 3.8) is 0 Å². The molecule has 1 unspecified atom stereocenters. The molecule has 6 nitrogen and oxygen atoms in total. The van der Waals surface area contributed by atoms with E-state index in [-0.39, 0.29) is 29.6 Å². The van der Waals surface area contributed by atoms with Gasteiger partial charge < -0.3 is 15.0 Å². The molecule has 20 heavy (non-hydrogen) atoms. The molecule has 7 heteroatoms. The fourth-order valence-electron chi connectivity index (χ4n) is 2.41. The number of rotatable bonds is 7. The van der Waals surface area contributed by atoms with Crippen molar-refractivity contribution in [3.05, 3.63) is 0 Å². The number of sulfone groups is 1. The molecule has 1 aliphatic rings. The van der Waals surface area contributed by atoms with Gasteiger partial charge >= 0.3 is 6.03 Å². The number of nitrogens with zero attached hydrogens (tertiary/aromatic N) is 1. The predicted molar refractivity (Wildman–Crippen MR) is 78.5 cm³/mol. The van der Waals surface area contributed by atoms with Gasteiger partial charge in [-0.1, -0.05) is 13.8 Å². The summed E-state index contributed by atoms with van der Waals surface area (Å²) in [5, 5.41) is 2.97. The summed E-state index contributed by atoms with van der Waals surface area (Å²) >= 11 is 0. The zero-order valence-electron chi connectivity index (χ0n) is 12.6. The fraction of sp³-hybridized carbons (Fsp3) is 0.923. The molecule has 0 saturated carbocycles. The molecular weight excluding hydrogens is 280 g/mol. The van der Waals surface area contributed by atoms with Crippen LogP contribution in [0.3, 0.4) is 0 Å². The second-order valence-corrected chi connectivity index (χ2v) is 7.43. The second kappa shape index (κ2) is 7.83. The van der Waals surface area contributed by atoms with Crippen LogP contribution in [-0.2, 0) is 14.6 Å². The summed E-state index contributed by atoms with van der Waals surface area (Å²) in [5.74, 6) is 0.229. The van der Waals surface area contributed by atoms with Crippen molar-refractivity contribution in [2.45, 2.75) is 45.2 Å². The molecule has 0 bridgehead atoms. The van der Waals surface area contributed by atoms with Crippen LogP contribution < -0.4 is 5.32 Å². The third-order valence-electron chi connectivity index (χ3n) is 3.76. The van der Waals surface area contributed by atoms with Gasteiger partial charge in [-0.25, -0.2) is 13.2 Å². The highest BCUT2D eigenvalue weighted by Crippen LogP contribution is 2.18. The minimum absolute atomic E-state index is 0.0626. The first-order valence-electron chi connectivity index (χ1n) is 7.20. The Kier molecular flexibility index (Phi) is 6.75. The van der Waals surface area contributed by atoms with Crippen molar-refractivity contribution in [3.8, 4) is 0 Å². The van der Waals surface area contributed by atoms with Crippen molar-refractivity contribution in [1.82, 2.24) is 10.2 Å². The van der Waals surface area contributed by atoms with Crippen LogP contribution >= 0.6 is 0 Å².